The molecule has 0 bridgehead atoms. The lowest BCUT2D eigenvalue weighted by atomic mass is 10.1. The Bertz CT molecular complexity index is 1520. The number of benzene rings is 1. The van der Waals surface area contributed by atoms with Gasteiger partial charge in [0.15, 0.2) is 5.82 Å². The predicted octanol–water partition coefficient (Wildman–Crippen LogP) is 1.27. The molecule has 11 nitrogen and oxygen atoms in total. The first-order valence-electron chi connectivity index (χ1n) is 9.55. The van der Waals surface area contributed by atoms with Gasteiger partial charge in [-0.25, -0.2) is 9.37 Å². The largest absolute Gasteiger partial charge is 0.382 e. The third-order valence-electron chi connectivity index (χ3n) is 4.74. The van der Waals surface area contributed by atoms with Gasteiger partial charge in [-0.2, -0.15) is 20.5 Å². The summed E-state index contributed by atoms with van der Waals surface area (Å²) in [5.41, 5.74) is 11.3. The summed E-state index contributed by atoms with van der Waals surface area (Å²) in [6.07, 6.45) is 3.18. The number of nitrogens with zero attached hydrogens (tertiary/aromatic N) is 7. The van der Waals surface area contributed by atoms with Gasteiger partial charge in [-0.05, 0) is 24.3 Å². The Morgan fingerprint density at radius 3 is 2.67 bits per heavy atom. The number of aromatic nitrogens is 5. The van der Waals surface area contributed by atoms with Crippen molar-refractivity contribution in [1.29, 1.82) is 10.5 Å². The minimum Gasteiger partial charge on any atom is -0.382 e. The van der Waals surface area contributed by atoms with Gasteiger partial charge in [0.05, 0.1) is 28.4 Å². The van der Waals surface area contributed by atoms with E-state index in [1.165, 1.54) is 10.8 Å². The van der Waals surface area contributed by atoms with Crippen LogP contribution in [0.4, 0.5) is 22.0 Å². The minimum absolute atomic E-state index is 0.0302. The maximum Gasteiger partial charge on any atom is 0.266 e. The van der Waals surface area contributed by atoms with Crippen LogP contribution >= 0.6 is 0 Å². The lowest BCUT2D eigenvalue weighted by Crippen LogP contribution is -2.26. The van der Waals surface area contributed by atoms with Crippen LogP contribution in [0.2, 0.25) is 0 Å². The lowest BCUT2D eigenvalue weighted by molar-refractivity contribution is 0.628. The predicted molar refractivity (Wildman–Crippen MR) is 118 cm³/mol. The van der Waals surface area contributed by atoms with Crippen molar-refractivity contribution in [3.05, 3.63) is 69.8 Å². The van der Waals surface area contributed by atoms with E-state index in [1.807, 2.05) is 12.1 Å². The molecule has 0 saturated carbocycles. The van der Waals surface area contributed by atoms with Gasteiger partial charge in [0.1, 0.15) is 35.2 Å². The van der Waals surface area contributed by atoms with Crippen molar-refractivity contribution in [3.63, 3.8) is 0 Å². The molecule has 1 aromatic carbocycles. The van der Waals surface area contributed by atoms with Gasteiger partial charge in [0, 0.05) is 19.2 Å². The smallest absolute Gasteiger partial charge is 0.266 e. The molecule has 4 rings (SSSR count). The molecule has 3 aromatic heterocycles. The number of hydrogen-bond donors (Lipinski definition) is 3. The van der Waals surface area contributed by atoms with E-state index in [4.69, 9.17) is 11.5 Å². The first-order valence-corrected chi connectivity index (χ1v) is 9.55. The van der Waals surface area contributed by atoms with E-state index in [0.717, 1.165) is 12.1 Å². The topological polar surface area (TPSA) is 185 Å². The molecular formula is C21H15FN10O. The fourth-order valence-corrected chi connectivity index (χ4v) is 3.33. The molecule has 0 aliphatic carbocycles. The Labute approximate surface area is 185 Å². The zero-order valence-corrected chi connectivity index (χ0v) is 16.9. The number of nitriles is 2. The van der Waals surface area contributed by atoms with Gasteiger partial charge in [0.2, 0.25) is 5.95 Å². The van der Waals surface area contributed by atoms with Crippen LogP contribution in [0.25, 0.3) is 16.6 Å². The molecule has 0 aliphatic rings. The van der Waals surface area contributed by atoms with Crippen molar-refractivity contribution >= 4 is 28.5 Å². The molecule has 0 fully saturated rings. The number of nitrogens with two attached hydrogens (primary N) is 2. The van der Waals surface area contributed by atoms with E-state index >= 15 is 0 Å². The fourth-order valence-electron chi connectivity index (χ4n) is 3.33. The molecular weight excluding hydrogens is 427 g/mol. The van der Waals surface area contributed by atoms with Crippen molar-refractivity contribution in [2.24, 2.45) is 0 Å². The number of rotatable bonds is 5. The molecule has 162 valence electrons. The average molecular weight is 442 g/mol. The normalized spacial score (nSPS) is 10.5. The van der Waals surface area contributed by atoms with Crippen LogP contribution in [0.15, 0.2) is 41.5 Å². The first kappa shape index (κ1) is 21.1. The molecule has 12 heteroatoms. The van der Waals surface area contributed by atoms with E-state index in [2.05, 4.69) is 25.3 Å². The third kappa shape index (κ3) is 3.96. The standard InChI is InChI=1S/C21H15FN10O/c22-12-6-11(8-23)17-14(7-12)20(33)32(13-2-1-4-27-10-13)16(29-17)3-5-28-19-15(9-24)18(25)30-21(26)31-19/h1-2,4,6-7,10H,3,5H2,(H5,25,26,28,30,31). The second kappa shape index (κ2) is 8.56. The highest BCUT2D eigenvalue weighted by Crippen LogP contribution is 2.20. The molecule has 0 atom stereocenters. The van der Waals surface area contributed by atoms with Crippen LogP contribution in [0.3, 0.4) is 0 Å². The molecule has 0 saturated heterocycles. The van der Waals surface area contributed by atoms with Crippen LogP contribution in [-0.4, -0.2) is 31.0 Å². The molecule has 0 radical (unpaired) electrons. The monoisotopic (exact) mass is 442 g/mol. The molecule has 0 unspecified atom stereocenters. The second-order valence-electron chi connectivity index (χ2n) is 6.82. The van der Waals surface area contributed by atoms with E-state index < -0.39 is 11.4 Å². The van der Waals surface area contributed by atoms with E-state index in [0.29, 0.717) is 5.69 Å². The quantitative estimate of drug-likeness (QED) is 0.406. The van der Waals surface area contributed by atoms with E-state index in [-0.39, 0.29) is 58.4 Å². The van der Waals surface area contributed by atoms with Crippen LogP contribution in [0.1, 0.15) is 17.0 Å². The first-order chi connectivity index (χ1) is 15.9. The summed E-state index contributed by atoms with van der Waals surface area (Å²) in [4.78, 5) is 29.6. The van der Waals surface area contributed by atoms with Crippen molar-refractivity contribution in [2.45, 2.75) is 6.42 Å². The van der Waals surface area contributed by atoms with Gasteiger partial charge in [-0.15, -0.1) is 0 Å². The lowest BCUT2D eigenvalue weighted by Gasteiger charge is -2.15. The Hall–Kier alpha value is -5.10. The molecule has 5 N–H and O–H groups in total. The average Bonchev–Trinajstić information content (AvgIpc) is 2.79. The third-order valence-corrected chi connectivity index (χ3v) is 4.74. The number of nitrogens with one attached hydrogen (secondary N) is 1. The van der Waals surface area contributed by atoms with E-state index in [9.17, 15) is 19.7 Å². The minimum atomic E-state index is -0.715. The highest BCUT2D eigenvalue weighted by Gasteiger charge is 2.17. The molecule has 0 amide bonds. The molecule has 33 heavy (non-hydrogen) atoms. The van der Waals surface area contributed by atoms with Gasteiger partial charge < -0.3 is 16.8 Å². The Morgan fingerprint density at radius 1 is 1.15 bits per heavy atom. The van der Waals surface area contributed by atoms with Gasteiger partial charge in [0.25, 0.3) is 5.56 Å². The highest BCUT2D eigenvalue weighted by molar-refractivity contribution is 5.83. The molecule has 0 spiro atoms. The number of halogens is 1. The van der Waals surface area contributed by atoms with Gasteiger partial charge in [-0.1, -0.05) is 0 Å². The summed E-state index contributed by atoms with van der Waals surface area (Å²) in [6, 6.07) is 9.16. The zero-order valence-electron chi connectivity index (χ0n) is 16.9. The molecule has 3 heterocycles. The van der Waals surface area contributed by atoms with E-state index in [1.54, 1.807) is 18.3 Å². The van der Waals surface area contributed by atoms with Crippen molar-refractivity contribution in [1.82, 2.24) is 24.5 Å². The van der Waals surface area contributed by atoms with Crippen molar-refractivity contribution in [2.75, 3.05) is 23.3 Å². The summed E-state index contributed by atoms with van der Waals surface area (Å²) in [5.74, 6) is -0.467. The zero-order chi connectivity index (χ0) is 23.5. The molecule has 4 aromatic rings. The summed E-state index contributed by atoms with van der Waals surface area (Å²) in [7, 11) is 0. The second-order valence-corrected chi connectivity index (χ2v) is 6.82. The van der Waals surface area contributed by atoms with Gasteiger partial charge >= 0.3 is 0 Å². The number of pyridine rings is 1. The number of fused-ring (bicyclic) bond motifs is 1. The van der Waals surface area contributed by atoms with Crippen LogP contribution in [0, 0.1) is 28.5 Å². The van der Waals surface area contributed by atoms with Crippen LogP contribution in [-0.2, 0) is 6.42 Å². The van der Waals surface area contributed by atoms with Crippen molar-refractivity contribution in [3.8, 4) is 17.8 Å². The summed E-state index contributed by atoms with van der Waals surface area (Å²) >= 11 is 0. The number of hydrogen-bond acceptors (Lipinski definition) is 10. The van der Waals surface area contributed by atoms with Crippen LogP contribution < -0.4 is 22.3 Å². The number of nitrogen functional groups attached to an aromatic ring is 2. The highest BCUT2D eigenvalue weighted by atomic mass is 19.1. The summed E-state index contributed by atoms with van der Waals surface area (Å²) in [6.45, 7) is 0.172. The Balaban J connectivity index is 1.80. The Morgan fingerprint density at radius 2 is 1.97 bits per heavy atom. The maximum absolute atomic E-state index is 14.0. The van der Waals surface area contributed by atoms with Crippen molar-refractivity contribution < 1.29 is 4.39 Å². The summed E-state index contributed by atoms with van der Waals surface area (Å²) < 4.78 is 15.3. The fraction of sp³-hybridized carbons (Fsp3) is 0.0952. The van der Waals surface area contributed by atoms with Crippen LogP contribution in [0.5, 0.6) is 0 Å². The molecule has 0 aliphatic heterocycles. The Kier molecular flexibility index (Phi) is 5.49. The summed E-state index contributed by atoms with van der Waals surface area (Å²) in [5, 5.41) is 21.6. The van der Waals surface area contributed by atoms with Gasteiger partial charge in [-0.3, -0.25) is 14.3 Å². The maximum atomic E-state index is 14.0. The number of anilines is 3. The SMILES string of the molecule is N#Cc1c(N)nc(N)nc1NCCc1nc2c(C#N)cc(F)cc2c(=O)n1-c1cccnc1.